The van der Waals surface area contributed by atoms with Crippen LogP contribution >= 0.6 is 11.3 Å². The number of hydrogen-bond acceptors (Lipinski definition) is 4. The molecule has 1 aromatic heterocycles. The highest BCUT2D eigenvalue weighted by atomic mass is 32.1. The lowest BCUT2D eigenvalue weighted by Gasteiger charge is -2.07. The van der Waals surface area contributed by atoms with E-state index in [-0.39, 0.29) is 11.8 Å². The fourth-order valence-corrected chi connectivity index (χ4v) is 1.69. The van der Waals surface area contributed by atoms with E-state index in [1.807, 2.05) is 27.0 Å². The fourth-order valence-electron chi connectivity index (χ4n) is 0.996. The highest BCUT2D eigenvalue weighted by molar-refractivity contribution is 7.15. The Bertz CT molecular complexity index is 322. The number of aryl methyl sites for hydroxylation is 1. The molecule has 1 aromatic rings. The molecule has 4 nitrogen and oxygen atoms in total. The summed E-state index contributed by atoms with van der Waals surface area (Å²) >= 11 is 1.62. The first-order valence-electron chi connectivity index (χ1n) is 5.03. The molecule has 0 unspecified atom stereocenters. The van der Waals surface area contributed by atoms with Crippen LogP contribution in [0.1, 0.15) is 18.7 Å². The van der Waals surface area contributed by atoms with Gasteiger partial charge in [-0.25, -0.2) is 4.98 Å². The van der Waals surface area contributed by atoms with Crippen LogP contribution in [-0.2, 0) is 4.79 Å². The number of carbonyl (C=O) groups excluding carboxylic acids is 1. The molecule has 5 heteroatoms. The van der Waals surface area contributed by atoms with Crippen molar-refractivity contribution in [1.82, 2.24) is 10.3 Å². The van der Waals surface area contributed by atoms with Gasteiger partial charge in [-0.1, -0.05) is 13.8 Å². The zero-order valence-electron chi connectivity index (χ0n) is 9.33. The summed E-state index contributed by atoms with van der Waals surface area (Å²) in [5.74, 6) is 0.138. The van der Waals surface area contributed by atoms with Gasteiger partial charge in [0.1, 0.15) is 0 Å². The highest BCUT2D eigenvalue weighted by Crippen LogP contribution is 2.15. The first kappa shape index (κ1) is 12.0. The van der Waals surface area contributed by atoms with E-state index in [1.165, 1.54) is 4.88 Å². The van der Waals surface area contributed by atoms with Gasteiger partial charge in [0.15, 0.2) is 5.13 Å². The van der Waals surface area contributed by atoms with Gasteiger partial charge < -0.3 is 10.6 Å². The van der Waals surface area contributed by atoms with Gasteiger partial charge in [-0.15, -0.1) is 11.3 Å². The second kappa shape index (κ2) is 5.70. The molecule has 0 fully saturated rings. The van der Waals surface area contributed by atoms with Gasteiger partial charge in [-0.05, 0) is 6.92 Å². The Hall–Kier alpha value is -1.10. The van der Waals surface area contributed by atoms with E-state index < -0.39 is 0 Å². The Kier molecular flexibility index (Phi) is 4.55. The minimum Gasteiger partial charge on any atom is -0.360 e. The molecular weight excluding hydrogens is 210 g/mol. The van der Waals surface area contributed by atoms with Crippen LogP contribution in [0.4, 0.5) is 5.13 Å². The maximum absolute atomic E-state index is 11.2. The van der Waals surface area contributed by atoms with Crippen LogP contribution in [0.15, 0.2) is 6.20 Å². The number of carbonyl (C=O) groups is 1. The number of rotatable bonds is 5. The van der Waals surface area contributed by atoms with Crippen molar-refractivity contribution >= 4 is 22.4 Å². The van der Waals surface area contributed by atoms with Crippen molar-refractivity contribution in [2.45, 2.75) is 20.8 Å². The molecule has 0 aliphatic heterocycles. The largest absolute Gasteiger partial charge is 0.360 e. The summed E-state index contributed by atoms with van der Waals surface area (Å²) in [6.45, 7) is 7.13. The average molecular weight is 227 g/mol. The van der Waals surface area contributed by atoms with E-state index in [1.54, 1.807) is 11.3 Å². The van der Waals surface area contributed by atoms with Gasteiger partial charge in [0, 0.05) is 30.1 Å². The number of anilines is 1. The smallest absolute Gasteiger partial charge is 0.222 e. The third kappa shape index (κ3) is 4.29. The van der Waals surface area contributed by atoms with E-state index in [0.717, 1.165) is 5.13 Å². The molecule has 0 aromatic carbocycles. The first-order valence-corrected chi connectivity index (χ1v) is 5.85. The monoisotopic (exact) mass is 227 g/mol. The van der Waals surface area contributed by atoms with Crippen LogP contribution in [0.3, 0.4) is 0 Å². The molecule has 0 radical (unpaired) electrons. The summed E-state index contributed by atoms with van der Waals surface area (Å²) in [5.41, 5.74) is 0. The summed E-state index contributed by atoms with van der Waals surface area (Å²) in [5, 5.41) is 6.90. The Morgan fingerprint density at radius 3 is 2.80 bits per heavy atom. The number of nitrogens with one attached hydrogen (secondary N) is 2. The number of hydrogen-bond donors (Lipinski definition) is 2. The molecule has 0 bridgehead atoms. The maximum Gasteiger partial charge on any atom is 0.222 e. The lowest BCUT2D eigenvalue weighted by Crippen LogP contribution is -2.31. The van der Waals surface area contributed by atoms with Crippen LogP contribution in [0.2, 0.25) is 0 Å². The molecule has 1 rings (SSSR count). The van der Waals surface area contributed by atoms with Crippen molar-refractivity contribution in [2.24, 2.45) is 5.92 Å². The number of nitrogens with zero attached hydrogens (tertiary/aromatic N) is 1. The van der Waals surface area contributed by atoms with Gasteiger partial charge in [0.05, 0.1) is 0 Å². The van der Waals surface area contributed by atoms with Gasteiger partial charge in [0.25, 0.3) is 0 Å². The van der Waals surface area contributed by atoms with Crippen molar-refractivity contribution < 1.29 is 4.79 Å². The van der Waals surface area contributed by atoms with Crippen LogP contribution in [0.25, 0.3) is 0 Å². The Labute approximate surface area is 94.1 Å². The minimum atomic E-state index is 0.0482. The van der Waals surface area contributed by atoms with Gasteiger partial charge in [-0.2, -0.15) is 0 Å². The summed E-state index contributed by atoms with van der Waals surface area (Å²) in [6.07, 6.45) is 1.83. The van der Waals surface area contributed by atoms with E-state index >= 15 is 0 Å². The van der Waals surface area contributed by atoms with Crippen molar-refractivity contribution in [1.29, 1.82) is 0 Å². The molecule has 0 spiro atoms. The summed E-state index contributed by atoms with van der Waals surface area (Å²) in [7, 11) is 0. The normalized spacial score (nSPS) is 10.4. The summed E-state index contributed by atoms with van der Waals surface area (Å²) in [6, 6.07) is 0. The van der Waals surface area contributed by atoms with Crippen molar-refractivity contribution in [3.63, 3.8) is 0 Å². The number of aromatic nitrogens is 1. The topological polar surface area (TPSA) is 54.0 Å². The van der Waals surface area contributed by atoms with E-state index in [2.05, 4.69) is 15.6 Å². The molecular formula is C10H17N3OS. The van der Waals surface area contributed by atoms with Crippen LogP contribution in [0.5, 0.6) is 0 Å². The van der Waals surface area contributed by atoms with Crippen molar-refractivity contribution in [3.8, 4) is 0 Å². The van der Waals surface area contributed by atoms with Gasteiger partial charge >= 0.3 is 0 Å². The number of thiazole rings is 1. The Morgan fingerprint density at radius 1 is 1.53 bits per heavy atom. The third-order valence-electron chi connectivity index (χ3n) is 1.85. The average Bonchev–Trinajstić information content (AvgIpc) is 2.58. The zero-order chi connectivity index (χ0) is 11.3. The predicted molar refractivity (Wildman–Crippen MR) is 63.2 cm³/mol. The van der Waals surface area contributed by atoms with E-state index in [0.29, 0.717) is 13.1 Å². The van der Waals surface area contributed by atoms with E-state index in [9.17, 15) is 4.79 Å². The van der Waals surface area contributed by atoms with Crippen LogP contribution in [0, 0.1) is 12.8 Å². The maximum atomic E-state index is 11.2. The Morgan fingerprint density at radius 2 is 2.27 bits per heavy atom. The lowest BCUT2D eigenvalue weighted by molar-refractivity contribution is -0.123. The summed E-state index contributed by atoms with van der Waals surface area (Å²) < 4.78 is 0. The van der Waals surface area contributed by atoms with Crippen molar-refractivity contribution in [2.75, 3.05) is 18.4 Å². The lowest BCUT2D eigenvalue weighted by atomic mass is 10.2. The van der Waals surface area contributed by atoms with Crippen LogP contribution in [-0.4, -0.2) is 24.0 Å². The van der Waals surface area contributed by atoms with Gasteiger partial charge in [0.2, 0.25) is 5.91 Å². The second-order valence-corrected chi connectivity index (χ2v) is 4.88. The molecule has 1 amide bonds. The molecule has 0 saturated heterocycles. The second-order valence-electron chi connectivity index (χ2n) is 3.65. The fraction of sp³-hybridized carbons (Fsp3) is 0.600. The molecule has 0 aliphatic rings. The Balaban J connectivity index is 2.15. The molecule has 0 aliphatic carbocycles. The molecule has 2 N–H and O–H groups in total. The first-order chi connectivity index (χ1) is 7.09. The quantitative estimate of drug-likeness (QED) is 0.752. The zero-order valence-corrected chi connectivity index (χ0v) is 10.1. The molecule has 15 heavy (non-hydrogen) atoms. The number of amides is 1. The highest BCUT2D eigenvalue weighted by Gasteiger charge is 2.04. The summed E-state index contributed by atoms with van der Waals surface area (Å²) in [4.78, 5) is 16.6. The molecule has 1 heterocycles. The van der Waals surface area contributed by atoms with Gasteiger partial charge in [-0.3, -0.25) is 4.79 Å². The standard InChI is InChI=1S/C10H17N3OS/c1-7(2)9(14)11-4-5-12-10-13-6-8(3)15-10/h6-7H,4-5H2,1-3H3,(H,11,14)(H,12,13). The predicted octanol–water partition coefficient (Wildman–Crippen LogP) is 1.64. The molecule has 0 saturated carbocycles. The molecule has 0 atom stereocenters. The SMILES string of the molecule is Cc1cnc(NCCNC(=O)C(C)C)s1. The van der Waals surface area contributed by atoms with E-state index in [4.69, 9.17) is 0 Å². The van der Waals surface area contributed by atoms with Crippen LogP contribution < -0.4 is 10.6 Å². The minimum absolute atomic E-state index is 0.0482. The van der Waals surface area contributed by atoms with Crippen molar-refractivity contribution in [3.05, 3.63) is 11.1 Å². The molecule has 84 valence electrons. The third-order valence-corrected chi connectivity index (χ3v) is 2.72.